The predicted octanol–water partition coefficient (Wildman–Crippen LogP) is 13.2. The van der Waals surface area contributed by atoms with E-state index in [1.165, 1.54) is 5.39 Å². The first-order chi connectivity index (χ1) is 27.7. The molecule has 0 atom stereocenters. The Balaban J connectivity index is 1.09. The van der Waals surface area contributed by atoms with E-state index in [2.05, 4.69) is 180 Å². The van der Waals surface area contributed by atoms with E-state index in [0.717, 1.165) is 83.0 Å². The van der Waals surface area contributed by atoms with Crippen LogP contribution in [-0.4, -0.2) is 19.5 Å². The first-order valence-electron chi connectivity index (χ1n) is 18.8. The molecule has 11 aromatic rings. The van der Waals surface area contributed by atoms with Gasteiger partial charge in [-0.1, -0.05) is 152 Å². The van der Waals surface area contributed by atoms with Crippen molar-refractivity contribution in [1.82, 2.24) is 19.5 Å². The number of aromatic nitrogens is 4. The Morgan fingerprint density at radius 1 is 0.339 bits per heavy atom. The van der Waals surface area contributed by atoms with Gasteiger partial charge in [0.1, 0.15) is 5.58 Å². The van der Waals surface area contributed by atoms with Gasteiger partial charge in [-0.05, 0) is 64.7 Å². The fourth-order valence-electron chi connectivity index (χ4n) is 7.94. The van der Waals surface area contributed by atoms with Gasteiger partial charge in [-0.3, -0.25) is 0 Å². The SMILES string of the molecule is c1ccc(-c2ccc(-c3nc(-c4cccc(-c5ccccc5)c4)nc(-c4ccc5c(c4)oc4c5ccc5c6ccccc6n(-c6ccccc6)c54)n3)cc2)cc1. The highest BCUT2D eigenvalue weighted by atomic mass is 16.3. The molecule has 0 spiro atoms. The Morgan fingerprint density at radius 3 is 1.57 bits per heavy atom. The summed E-state index contributed by atoms with van der Waals surface area (Å²) in [4.78, 5) is 15.3. The van der Waals surface area contributed by atoms with Crippen molar-refractivity contribution < 1.29 is 4.42 Å². The molecule has 5 nitrogen and oxygen atoms in total. The molecule has 5 heteroatoms. The summed E-state index contributed by atoms with van der Waals surface area (Å²) in [5.74, 6) is 1.79. The number of hydrogen-bond acceptors (Lipinski definition) is 4. The van der Waals surface area contributed by atoms with Crippen LogP contribution in [0.4, 0.5) is 0 Å². The lowest BCUT2D eigenvalue weighted by atomic mass is 10.0. The molecule has 8 aromatic carbocycles. The van der Waals surface area contributed by atoms with Gasteiger partial charge in [0.05, 0.1) is 11.0 Å². The lowest BCUT2D eigenvalue weighted by molar-refractivity contribution is 0.671. The molecule has 0 radical (unpaired) electrons. The van der Waals surface area contributed by atoms with E-state index in [-0.39, 0.29) is 0 Å². The number of nitrogens with zero attached hydrogens (tertiary/aromatic N) is 4. The van der Waals surface area contributed by atoms with Crippen molar-refractivity contribution in [3.63, 3.8) is 0 Å². The zero-order valence-corrected chi connectivity index (χ0v) is 30.2. The molecule has 0 saturated heterocycles. The molecule has 0 unspecified atom stereocenters. The van der Waals surface area contributed by atoms with Crippen LogP contribution in [0.3, 0.4) is 0 Å². The Morgan fingerprint density at radius 2 is 0.839 bits per heavy atom. The van der Waals surface area contributed by atoms with E-state index in [9.17, 15) is 0 Å². The summed E-state index contributed by atoms with van der Waals surface area (Å²) in [6.45, 7) is 0. The van der Waals surface area contributed by atoms with Crippen LogP contribution in [-0.2, 0) is 0 Å². The second kappa shape index (κ2) is 13.0. The molecule has 3 aromatic heterocycles. The zero-order chi connectivity index (χ0) is 37.0. The standard InChI is InChI=1S/C51H32N4O/c1-4-13-33(14-5-1)35-23-25-36(26-24-35)49-52-50(38-18-12-17-37(31-38)34-15-6-2-7-16-34)54-51(53-49)39-27-28-42-44-30-29-43-41-21-10-11-22-45(41)55(40-19-8-3-9-20-40)47(43)48(44)56-46(42)32-39/h1-32H. The van der Waals surface area contributed by atoms with Gasteiger partial charge in [0, 0.05) is 43.9 Å². The zero-order valence-electron chi connectivity index (χ0n) is 30.2. The van der Waals surface area contributed by atoms with Crippen LogP contribution in [0.15, 0.2) is 199 Å². The third-order valence-electron chi connectivity index (χ3n) is 10.7. The van der Waals surface area contributed by atoms with Gasteiger partial charge in [0.2, 0.25) is 0 Å². The molecule has 0 saturated carbocycles. The monoisotopic (exact) mass is 716 g/mol. The van der Waals surface area contributed by atoms with E-state index >= 15 is 0 Å². The van der Waals surface area contributed by atoms with Crippen molar-refractivity contribution in [3.05, 3.63) is 194 Å². The Kier molecular flexibility index (Phi) is 7.42. The highest BCUT2D eigenvalue weighted by Gasteiger charge is 2.20. The van der Waals surface area contributed by atoms with Crippen LogP contribution in [0.1, 0.15) is 0 Å². The second-order valence-electron chi connectivity index (χ2n) is 14.0. The summed E-state index contributed by atoms with van der Waals surface area (Å²) in [7, 11) is 0. The minimum atomic E-state index is 0.577. The molecule has 262 valence electrons. The van der Waals surface area contributed by atoms with Crippen LogP contribution in [0, 0.1) is 0 Å². The highest BCUT2D eigenvalue weighted by Crippen LogP contribution is 2.41. The molecule has 0 amide bonds. The maximum Gasteiger partial charge on any atom is 0.164 e. The number of furan rings is 1. The summed E-state index contributed by atoms with van der Waals surface area (Å²) < 4.78 is 9.19. The molecular formula is C51H32N4O. The molecule has 0 bridgehead atoms. The van der Waals surface area contributed by atoms with Gasteiger partial charge in [-0.15, -0.1) is 0 Å². The molecule has 0 aliphatic carbocycles. The van der Waals surface area contributed by atoms with E-state index in [1.54, 1.807) is 0 Å². The highest BCUT2D eigenvalue weighted by molar-refractivity contribution is 6.21. The van der Waals surface area contributed by atoms with Gasteiger partial charge >= 0.3 is 0 Å². The Bertz CT molecular complexity index is 3220. The van der Waals surface area contributed by atoms with Crippen LogP contribution < -0.4 is 0 Å². The molecule has 56 heavy (non-hydrogen) atoms. The Hall–Kier alpha value is -7.63. The van der Waals surface area contributed by atoms with Gasteiger partial charge < -0.3 is 8.98 Å². The van der Waals surface area contributed by atoms with E-state index in [4.69, 9.17) is 19.4 Å². The van der Waals surface area contributed by atoms with E-state index in [0.29, 0.717) is 17.5 Å². The van der Waals surface area contributed by atoms with Crippen molar-refractivity contribution >= 4 is 43.7 Å². The number of rotatable bonds is 6. The van der Waals surface area contributed by atoms with Crippen molar-refractivity contribution in [2.75, 3.05) is 0 Å². The van der Waals surface area contributed by atoms with Crippen LogP contribution in [0.25, 0.3) is 106 Å². The summed E-state index contributed by atoms with van der Waals surface area (Å²) in [5, 5.41) is 4.44. The average Bonchev–Trinajstić information content (AvgIpc) is 3.83. The smallest absolute Gasteiger partial charge is 0.164 e. The van der Waals surface area contributed by atoms with Gasteiger partial charge in [0.15, 0.2) is 23.1 Å². The first kappa shape index (κ1) is 31.9. The number of fused-ring (bicyclic) bond motifs is 7. The quantitative estimate of drug-likeness (QED) is 0.172. The normalized spacial score (nSPS) is 11.6. The second-order valence-corrected chi connectivity index (χ2v) is 14.0. The molecule has 0 aliphatic heterocycles. The maximum absolute atomic E-state index is 6.88. The van der Waals surface area contributed by atoms with Gasteiger partial charge in [0.25, 0.3) is 0 Å². The summed E-state index contributed by atoms with van der Waals surface area (Å²) >= 11 is 0. The maximum atomic E-state index is 6.88. The fourth-order valence-corrected chi connectivity index (χ4v) is 7.94. The Labute approximate surface area is 322 Å². The van der Waals surface area contributed by atoms with E-state index in [1.807, 2.05) is 18.2 Å². The van der Waals surface area contributed by atoms with Crippen molar-refractivity contribution in [2.24, 2.45) is 0 Å². The topological polar surface area (TPSA) is 56.7 Å². The molecule has 11 rings (SSSR count). The fraction of sp³-hybridized carbons (Fsp3) is 0. The van der Waals surface area contributed by atoms with Crippen LogP contribution in [0.2, 0.25) is 0 Å². The molecular weight excluding hydrogens is 685 g/mol. The third kappa shape index (κ3) is 5.37. The first-order valence-corrected chi connectivity index (χ1v) is 18.8. The molecule has 3 heterocycles. The summed E-state index contributed by atoms with van der Waals surface area (Å²) in [6.07, 6.45) is 0. The number of hydrogen-bond donors (Lipinski definition) is 0. The largest absolute Gasteiger partial charge is 0.454 e. The number of para-hydroxylation sites is 2. The minimum Gasteiger partial charge on any atom is -0.454 e. The lowest BCUT2D eigenvalue weighted by Gasteiger charge is -2.10. The number of benzene rings is 8. The van der Waals surface area contributed by atoms with Gasteiger partial charge in [-0.25, -0.2) is 15.0 Å². The molecule has 0 aliphatic rings. The van der Waals surface area contributed by atoms with Crippen molar-refractivity contribution in [3.8, 4) is 62.1 Å². The van der Waals surface area contributed by atoms with Gasteiger partial charge in [-0.2, -0.15) is 0 Å². The summed E-state index contributed by atoms with van der Waals surface area (Å²) in [5.41, 5.74) is 12.1. The predicted molar refractivity (Wildman–Crippen MR) is 229 cm³/mol. The third-order valence-corrected chi connectivity index (χ3v) is 10.7. The lowest BCUT2D eigenvalue weighted by Crippen LogP contribution is -2.00. The molecule has 0 N–H and O–H groups in total. The minimum absolute atomic E-state index is 0.577. The van der Waals surface area contributed by atoms with Crippen LogP contribution >= 0.6 is 0 Å². The van der Waals surface area contributed by atoms with Crippen molar-refractivity contribution in [1.29, 1.82) is 0 Å². The average molecular weight is 717 g/mol. The van der Waals surface area contributed by atoms with Crippen LogP contribution in [0.5, 0.6) is 0 Å². The van der Waals surface area contributed by atoms with Crippen molar-refractivity contribution in [2.45, 2.75) is 0 Å². The summed E-state index contributed by atoms with van der Waals surface area (Å²) in [6, 6.07) is 67.3. The van der Waals surface area contributed by atoms with E-state index < -0.39 is 0 Å². The molecule has 0 fully saturated rings.